The first-order chi connectivity index (χ1) is 25.4. The van der Waals surface area contributed by atoms with Crippen molar-refractivity contribution in [2.75, 3.05) is 39.3 Å². The zero-order valence-corrected chi connectivity index (χ0v) is 32.2. The summed E-state index contributed by atoms with van der Waals surface area (Å²) >= 11 is 7.33. The van der Waals surface area contributed by atoms with Crippen molar-refractivity contribution in [2.45, 2.75) is 104 Å². The third-order valence-electron chi connectivity index (χ3n) is 11.0. The number of fused-ring (bicyclic) bond motifs is 2. The minimum atomic E-state index is -0.734. The largest absolute Gasteiger partial charge is 0.444 e. The van der Waals surface area contributed by atoms with Crippen LogP contribution < -0.4 is 0 Å². The highest BCUT2D eigenvalue weighted by Gasteiger charge is 2.32. The predicted octanol–water partition coefficient (Wildman–Crippen LogP) is 8.50. The second-order valence-corrected chi connectivity index (χ2v) is 16.4. The van der Waals surface area contributed by atoms with Crippen LogP contribution in [0.3, 0.4) is 0 Å². The van der Waals surface area contributed by atoms with Crippen LogP contribution in [0.2, 0.25) is 5.02 Å². The third-order valence-corrected chi connectivity index (χ3v) is 11.5. The Kier molecular flexibility index (Phi) is 9.74. The van der Waals surface area contributed by atoms with E-state index in [-0.39, 0.29) is 18.4 Å². The summed E-state index contributed by atoms with van der Waals surface area (Å²) in [4.78, 5) is 16.9. The number of hydrogen-bond acceptors (Lipinski definition) is 7. The summed E-state index contributed by atoms with van der Waals surface area (Å²) in [6, 6.07) is 8.51. The number of carbonyl (C=O) groups is 1. The van der Waals surface area contributed by atoms with E-state index < -0.39 is 11.8 Å². The molecule has 0 N–H and O–H groups in total. The van der Waals surface area contributed by atoms with Gasteiger partial charge in [-0.05, 0) is 96.9 Å². The van der Waals surface area contributed by atoms with Gasteiger partial charge in [-0.2, -0.15) is 15.3 Å². The van der Waals surface area contributed by atoms with Crippen molar-refractivity contribution in [3.63, 3.8) is 0 Å². The molecule has 3 aromatic heterocycles. The number of carbonyl (C=O) groups excluding carboxylic acids is 1. The van der Waals surface area contributed by atoms with Gasteiger partial charge in [0.1, 0.15) is 17.5 Å². The van der Waals surface area contributed by atoms with Crippen LogP contribution in [0, 0.1) is 13.8 Å². The molecule has 6 heterocycles. The number of nitrogens with zero attached hydrogens (tertiary/aromatic N) is 8. The number of halogens is 2. The number of ether oxygens (including phenoxy) is 2. The van der Waals surface area contributed by atoms with Crippen molar-refractivity contribution in [3.8, 4) is 22.4 Å². The van der Waals surface area contributed by atoms with Gasteiger partial charge in [-0.25, -0.2) is 13.9 Å². The second-order valence-electron chi connectivity index (χ2n) is 16.0. The van der Waals surface area contributed by atoms with E-state index in [9.17, 15) is 9.18 Å². The van der Waals surface area contributed by atoms with Crippen molar-refractivity contribution in [1.29, 1.82) is 0 Å². The number of piperidine rings is 1. The molecule has 1 amide bonds. The number of likely N-dealkylation sites (tertiary alicyclic amines) is 2. The highest BCUT2D eigenvalue weighted by atomic mass is 35.5. The molecule has 5 aromatic rings. The van der Waals surface area contributed by atoms with Crippen molar-refractivity contribution in [3.05, 3.63) is 52.9 Å². The van der Waals surface area contributed by atoms with Crippen LogP contribution in [-0.2, 0) is 16.0 Å². The monoisotopic (exact) mass is 744 g/mol. The third kappa shape index (κ3) is 7.17. The smallest absolute Gasteiger partial charge is 0.410 e. The molecule has 8 rings (SSSR count). The molecule has 0 bridgehead atoms. The summed E-state index contributed by atoms with van der Waals surface area (Å²) in [5.74, 6) is 0. The number of benzene rings is 2. The maximum absolute atomic E-state index is 13.8. The van der Waals surface area contributed by atoms with E-state index in [0.717, 1.165) is 107 Å². The van der Waals surface area contributed by atoms with Crippen LogP contribution in [0.1, 0.15) is 82.8 Å². The standard InChI is InChI=1S/C40H50ClFN8O3/c1-25-20-33-31(22-43-50(33)34-8-6-7-19-52-34)36(37(25)41)35-26(2)49(30-12-15-47(16-13-30)39(51)53-40(3,4)5)45-38(35)27-9-10-32-28(21-27)23-48(44-32)18-17-46-14-11-29(42)24-46/h9-10,20-23,29-30,34H,6-8,11-19,24H2,1-5H3/t29-,34?/m0/s1. The molecule has 3 saturated heterocycles. The zero-order valence-electron chi connectivity index (χ0n) is 31.4. The molecule has 53 heavy (non-hydrogen) atoms. The molecule has 2 atom stereocenters. The normalized spacial score (nSPS) is 20.6. The summed E-state index contributed by atoms with van der Waals surface area (Å²) in [5.41, 5.74) is 7.02. The lowest BCUT2D eigenvalue weighted by molar-refractivity contribution is -0.0366. The lowest BCUT2D eigenvalue weighted by Gasteiger charge is -2.34. The van der Waals surface area contributed by atoms with Gasteiger partial charge in [0.2, 0.25) is 0 Å². The van der Waals surface area contributed by atoms with Gasteiger partial charge in [0.15, 0.2) is 6.23 Å². The Hall–Kier alpha value is -4.00. The van der Waals surface area contributed by atoms with Crippen LogP contribution in [0.5, 0.6) is 0 Å². The summed E-state index contributed by atoms with van der Waals surface area (Å²) in [6.07, 6.45) is 8.06. The molecule has 3 aliphatic heterocycles. The van der Waals surface area contributed by atoms with Crippen molar-refractivity contribution in [2.24, 2.45) is 0 Å². The fourth-order valence-electron chi connectivity index (χ4n) is 8.25. The molecule has 282 valence electrons. The zero-order chi connectivity index (χ0) is 37.0. The second kappa shape index (κ2) is 14.3. The molecular weight excluding hydrogens is 695 g/mol. The molecular formula is C40H50ClFN8O3. The molecule has 0 aliphatic carbocycles. The SMILES string of the molecule is Cc1cc2c(cnn2C2CCCCO2)c(-c2c(-c3ccc4nn(CCN5CC[C@H](F)C5)cc4c3)nn(C3CCN(C(=O)OC(C)(C)C)CC3)c2C)c1Cl. The van der Waals surface area contributed by atoms with Crippen molar-refractivity contribution >= 4 is 39.5 Å². The van der Waals surface area contributed by atoms with E-state index in [2.05, 4.69) is 47.0 Å². The molecule has 11 nitrogen and oxygen atoms in total. The van der Waals surface area contributed by atoms with Crippen LogP contribution in [0.4, 0.5) is 9.18 Å². The fourth-order valence-corrected chi connectivity index (χ4v) is 8.50. The Labute approximate surface area is 314 Å². The van der Waals surface area contributed by atoms with Crippen LogP contribution in [0.25, 0.3) is 44.2 Å². The number of alkyl halides is 1. The maximum atomic E-state index is 13.8. The van der Waals surface area contributed by atoms with Gasteiger partial charge in [-0.3, -0.25) is 14.3 Å². The lowest BCUT2D eigenvalue weighted by Crippen LogP contribution is -2.42. The highest BCUT2D eigenvalue weighted by Crippen LogP contribution is 2.46. The van der Waals surface area contributed by atoms with Gasteiger partial charge in [0, 0.05) is 78.7 Å². The first kappa shape index (κ1) is 36.0. The molecule has 2 aromatic carbocycles. The topological polar surface area (TPSA) is 95.5 Å². The Balaban J connectivity index is 1.19. The van der Waals surface area contributed by atoms with Gasteiger partial charge in [-0.1, -0.05) is 17.7 Å². The summed E-state index contributed by atoms with van der Waals surface area (Å²) in [5, 5.41) is 17.8. The molecule has 13 heteroatoms. The summed E-state index contributed by atoms with van der Waals surface area (Å²) < 4.78 is 31.8. The van der Waals surface area contributed by atoms with E-state index in [1.165, 1.54) is 0 Å². The van der Waals surface area contributed by atoms with Gasteiger partial charge in [0.25, 0.3) is 0 Å². The van der Waals surface area contributed by atoms with Crippen LogP contribution in [-0.4, -0.2) is 96.3 Å². The van der Waals surface area contributed by atoms with Gasteiger partial charge in [0.05, 0.1) is 34.8 Å². The number of rotatable bonds is 7. The van der Waals surface area contributed by atoms with E-state index >= 15 is 0 Å². The average molecular weight is 745 g/mol. The first-order valence-electron chi connectivity index (χ1n) is 19.1. The van der Waals surface area contributed by atoms with Crippen LogP contribution >= 0.6 is 11.6 Å². The first-order valence-corrected chi connectivity index (χ1v) is 19.5. The molecule has 0 spiro atoms. The molecule has 0 radical (unpaired) electrons. The molecule has 0 saturated carbocycles. The van der Waals surface area contributed by atoms with E-state index in [0.29, 0.717) is 37.6 Å². The Morgan fingerprint density at radius 1 is 1.00 bits per heavy atom. The maximum Gasteiger partial charge on any atom is 0.410 e. The van der Waals surface area contributed by atoms with Crippen LogP contribution in [0.15, 0.2) is 36.7 Å². The lowest BCUT2D eigenvalue weighted by atomic mass is 9.94. The molecule has 3 fully saturated rings. The number of aromatic nitrogens is 6. The van der Waals surface area contributed by atoms with Gasteiger partial charge in [-0.15, -0.1) is 0 Å². The average Bonchev–Trinajstić information content (AvgIpc) is 3.93. The van der Waals surface area contributed by atoms with E-state index in [1.807, 2.05) is 43.3 Å². The number of aryl methyl sites for hydroxylation is 1. The summed E-state index contributed by atoms with van der Waals surface area (Å²) in [7, 11) is 0. The molecule has 1 unspecified atom stereocenters. The van der Waals surface area contributed by atoms with E-state index in [1.54, 1.807) is 4.90 Å². The Bertz CT molecular complexity index is 2140. The fraction of sp³-hybridized carbons (Fsp3) is 0.550. The highest BCUT2D eigenvalue weighted by molar-refractivity contribution is 6.36. The quantitative estimate of drug-likeness (QED) is 0.165. The Morgan fingerprint density at radius 3 is 2.53 bits per heavy atom. The number of amides is 1. The minimum Gasteiger partial charge on any atom is -0.444 e. The van der Waals surface area contributed by atoms with Gasteiger partial charge < -0.3 is 14.4 Å². The minimum absolute atomic E-state index is 0.0830. The number of hydrogen-bond donors (Lipinski definition) is 0. The van der Waals surface area contributed by atoms with Gasteiger partial charge >= 0.3 is 6.09 Å². The Morgan fingerprint density at radius 2 is 1.81 bits per heavy atom. The summed E-state index contributed by atoms with van der Waals surface area (Å²) in [6.45, 7) is 14.5. The van der Waals surface area contributed by atoms with Crippen molar-refractivity contribution in [1.82, 2.24) is 39.1 Å². The predicted molar refractivity (Wildman–Crippen MR) is 205 cm³/mol. The molecule has 3 aliphatic rings. The van der Waals surface area contributed by atoms with Crippen molar-refractivity contribution < 1.29 is 18.7 Å². The van der Waals surface area contributed by atoms with E-state index in [4.69, 9.17) is 36.4 Å².